The largest absolute Gasteiger partial charge is 0.475 e. The number of hydrogen-bond acceptors (Lipinski definition) is 3. The van der Waals surface area contributed by atoms with Gasteiger partial charge in [0, 0.05) is 12.0 Å². The highest BCUT2D eigenvalue weighted by atomic mass is 16.4. The molecule has 0 spiro atoms. The minimum Gasteiger partial charge on any atom is -0.475 e. The molecule has 0 atom stereocenters. The Balaban J connectivity index is 1.90. The first-order chi connectivity index (χ1) is 9.49. The SMILES string of the molecule is CC(C)(CNCc1ccc(C(=O)O)o1)c1ccccc1. The van der Waals surface area contributed by atoms with Gasteiger partial charge in [-0.25, -0.2) is 4.79 Å². The molecule has 20 heavy (non-hydrogen) atoms. The molecule has 106 valence electrons. The lowest BCUT2D eigenvalue weighted by Crippen LogP contribution is -2.32. The van der Waals surface area contributed by atoms with Crippen LogP contribution in [0.1, 0.15) is 35.7 Å². The number of benzene rings is 1. The zero-order valence-corrected chi connectivity index (χ0v) is 11.7. The molecule has 2 aromatic rings. The summed E-state index contributed by atoms with van der Waals surface area (Å²) in [5.74, 6) is -0.434. The molecule has 0 radical (unpaired) electrons. The summed E-state index contributed by atoms with van der Waals surface area (Å²) in [6.45, 7) is 5.63. The molecule has 4 heteroatoms. The number of carboxylic acid groups (broad SMARTS) is 1. The fourth-order valence-electron chi connectivity index (χ4n) is 2.08. The van der Waals surface area contributed by atoms with Gasteiger partial charge in [-0.1, -0.05) is 44.2 Å². The van der Waals surface area contributed by atoms with E-state index in [2.05, 4.69) is 31.3 Å². The molecule has 2 N–H and O–H groups in total. The molecule has 0 amide bonds. The van der Waals surface area contributed by atoms with E-state index in [4.69, 9.17) is 9.52 Å². The zero-order valence-electron chi connectivity index (χ0n) is 11.7. The topological polar surface area (TPSA) is 62.5 Å². The van der Waals surface area contributed by atoms with E-state index in [0.29, 0.717) is 12.3 Å². The van der Waals surface area contributed by atoms with Crippen LogP contribution in [-0.2, 0) is 12.0 Å². The van der Waals surface area contributed by atoms with Crippen LogP contribution in [0, 0.1) is 0 Å². The molecule has 0 saturated carbocycles. The predicted molar refractivity (Wildman–Crippen MR) is 76.8 cm³/mol. The Labute approximate surface area is 118 Å². The molecule has 0 aliphatic rings. The van der Waals surface area contributed by atoms with Crippen LogP contribution in [0.5, 0.6) is 0 Å². The molecule has 1 aromatic carbocycles. The third-order valence-corrected chi connectivity index (χ3v) is 3.29. The van der Waals surface area contributed by atoms with Gasteiger partial charge in [-0.3, -0.25) is 0 Å². The van der Waals surface area contributed by atoms with Gasteiger partial charge in [0.05, 0.1) is 6.54 Å². The summed E-state index contributed by atoms with van der Waals surface area (Å²) in [4.78, 5) is 10.7. The summed E-state index contributed by atoms with van der Waals surface area (Å²) in [5.41, 5.74) is 1.27. The number of nitrogens with one attached hydrogen (secondary N) is 1. The van der Waals surface area contributed by atoms with E-state index in [-0.39, 0.29) is 11.2 Å². The van der Waals surface area contributed by atoms with Gasteiger partial charge in [0.25, 0.3) is 0 Å². The van der Waals surface area contributed by atoms with Crippen LogP contribution < -0.4 is 5.32 Å². The molecule has 0 unspecified atom stereocenters. The summed E-state index contributed by atoms with van der Waals surface area (Å²) in [6, 6.07) is 13.4. The Morgan fingerprint density at radius 1 is 1.20 bits per heavy atom. The first-order valence-electron chi connectivity index (χ1n) is 6.57. The molecular weight excluding hydrogens is 254 g/mol. The average Bonchev–Trinajstić information content (AvgIpc) is 2.89. The smallest absolute Gasteiger partial charge is 0.371 e. The van der Waals surface area contributed by atoms with Crippen molar-refractivity contribution in [2.75, 3.05) is 6.54 Å². The zero-order chi connectivity index (χ0) is 14.6. The van der Waals surface area contributed by atoms with Gasteiger partial charge in [-0.05, 0) is 17.7 Å². The average molecular weight is 273 g/mol. The van der Waals surface area contributed by atoms with Crippen LogP contribution in [0.25, 0.3) is 0 Å². The Morgan fingerprint density at radius 2 is 1.90 bits per heavy atom. The van der Waals surface area contributed by atoms with Crippen molar-refractivity contribution < 1.29 is 14.3 Å². The summed E-state index contributed by atoms with van der Waals surface area (Å²) < 4.78 is 5.20. The number of rotatable bonds is 6. The highest BCUT2D eigenvalue weighted by molar-refractivity contribution is 5.84. The third kappa shape index (κ3) is 3.48. The number of hydrogen-bond donors (Lipinski definition) is 2. The fraction of sp³-hybridized carbons (Fsp3) is 0.312. The van der Waals surface area contributed by atoms with E-state index in [1.165, 1.54) is 11.6 Å². The summed E-state index contributed by atoms with van der Waals surface area (Å²) in [5, 5.41) is 12.1. The molecule has 0 bridgehead atoms. The molecule has 4 nitrogen and oxygen atoms in total. The molecular formula is C16H19NO3. The molecule has 0 fully saturated rings. The highest BCUT2D eigenvalue weighted by Gasteiger charge is 2.19. The number of aromatic carboxylic acids is 1. The van der Waals surface area contributed by atoms with Crippen molar-refractivity contribution in [3.8, 4) is 0 Å². The van der Waals surface area contributed by atoms with Gasteiger partial charge in [0.1, 0.15) is 5.76 Å². The third-order valence-electron chi connectivity index (χ3n) is 3.29. The Bertz CT molecular complexity index is 572. The van der Waals surface area contributed by atoms with Gasteiger partial charge in [-0.2, -0.15) is 0 Å². The maximum Gasteiger partial charge on any atom is 0.371 e. The van der Waals surface area contributed by atoms with E-state index < -0.39 is 5.97 Å². The molecule has 1 heterocycles. The minimum absolute atomic E-state index is 0.00345. The van der Waals surface area contributed by atoms with Crippen LogP contribution in [0.2, 0.25) is 0 Å². The quantitative estimate of drug-likeness (QED) is 0.849. The van der Waals surface area contributed by atoms with Crippen LogP contribution in [-0.4, -0.2) is 17.6 Å². The predicted octanol–water partition coefficient (Wildman–Crippen LogP) is 3.05. The van der Waals surface area contributed by atoms with Gasteiger partial charge >= 0.3 is 5.97 Å². The maximum absolute atomic E-state index is 10.7. The second-order valence-corrected chi connectivity index (χ2v) is 5.42. The van der Waals surface area contributed by atoms with Gasteiger partial charge in [-0.15, -0.1) is 0 Å². The Hall–Kier alpha value is -2.07. The molecule has 2 rings (SSSR count). The first kappa shape index (κ1) is 14.3. The van der Waals surface area contributed by atoms with Crippen LogP contribution in [0.3, 0.4) is 0 Å². The van der Waals surface area contributed by atoms with Gasteiger partial charge in [0.2, 0.25) is 5.76 Å². The maximum atomic E-state index is 10.7. The Kier molecular flexibility index (Phi) is 4.25. The van der Waals surface area contributed by atoms with Crippen molar-refractivity contribution in [2.45, 2.75) is 25.8 Å². The number of carbonyl (C=O) groups is 1. The molecule has 0 aliphatic carbocycles. The normalized spacial score (nSPS) is 11.5. The lowest BCUT2D eigenvalue weighted by atomic mass is 9.84. The molecule has 0 saturated heterocycles. The first-order valence-corrected chi connectivity index (χ1v) is 6.57. The monoisotopic (exact) mass is 273 g/mol. The standard InChI is InChI=1S/C16H19NO3/c1-16(2,12-6-4-3-5-7-12)11-17-10-13-8-9-14(20-13)15(18)19/h3-9,17H,10-11H2,1-2H3,(H,18,19). The van der Waals surface area contributed by atoms with Crippen molar-refractivity contribution >= 4 is 5.97 Å². The second kappa shape index (κ2) is 5.92. The van der Waals surface area contributed by atoms with E-state index in [0.717, 1.165) is 6.54 Å². The van der Waals surface area contributed by atoms with Crippen molar-refractivity contribution in [1.82, 2.24) is 5.32 Å². The lowest BCUT2D eigenvalue weighted by molar-refractivity contribution is 0.0660. The van der Waals surface area contributed by atoms with Crippen LogP contribution >= 0.6 is 0 Å². The van der Waals surface area contributed by atoms with E-state index in [9.17, 15) is 4.79 Å². The molecule has 1 aromatic heterocycles. The summed E-state index contributed by atoms with van der Waals surface area (Å²) in [6.07, 6.45) is 0. The minimum atomic E-state index is -1.04. The van der Waals surface area contributed by atoms with E-state index in [1.807, 2.05) is 18.2 Å². The van der Waals surface area contributed by atoms with Gasteiger partial charge < -0.3 is 14.8 Å². The van der Waals surface area contributed by atoms with Crippen LogP contribution in [0.15, 0.2) is 46.9 Å². The van der Waals surface area contributed by atoms with E-state index >= 15 is 0 Å². The summed E-state index contributed by atoms with van der Waals surface area (Å²) in [7, 11) is 0. The van der Waals surface area contributed by atoms with Crippen molar-refractivity contribution in [2.24, 2.45) is 0 Å². The van der Waals surface area contributed by atoms with E-state index in [1.54, 1.807) is 6.07 Å². The second-order valence-electron chi connectivity index (χ2n) is 5.42. The van der Waals surface area contributed by atoms with Crippen LogP contribution in [0.4, 0.5) is 0 Å². The van der Waals surface area contributed by atoms with Crippen molar-refractivity contribution in [1.29, 1.82) is 0 Å². The number of carboxylic acids is 1. The fourth-order valence-corrected chi connectivity index (χ4v) is 2.08. The Morgan fingerprint density at radius 3 is 2.50 bits per heavy atom. The van der Waals surface area contributed by atoms with Crippen molar-refractivity contribution in [3.05, 3.63) is 59.5 Å². The highest BCUT2D eigenvalue weighted by Crippen LogP contribution is 2.21. The van der Waals surface area contributed by atoms with Gasteiger partial charge in [0.15, 0.2) is 0 Å². The number of furan rings is 1. The molecule has 0 aliphatic heterocycles. The lowest BCUT2D eigenvalue weighted by Gasteiger charge is -2.25. The van der Waals surface area contributed by atoms with Crippen molar-refractivity contribution in [3.63, 3.8) is 0 Å². The summed E-state index contributed by atoms with van der Waals surface area (Å²) >= 11 is 0.